The van der Waals surface area contributed by atoms with Crippen LogP contribution in [-0.2, 0) is 16.0 Å². The lowest BCUT2D eigenvalue weighted by Crippen LogP contribution is -2.41. The molecule has 1 heterocycles. The van der Waals surface area contributed by atoms with Crippen molar-refractivity contribution in [2.24, 2.45) is 5.92 Å². The number of anilines is 1. The average Bonchev–Trinajstić information content (AvgIpc) is 2.78. The first-order valence-electron chi connectivity index (χ1n) is 10.6. The number of carbonyl (C=O) groups is 3. The number of amides is 3. The van der Waals surface area contributed by atoms with Crippen molar-refractivity contribution in [1.29, 1.82) is 0 Å². The van der Waals surface area contributed by atoms with Crippen molar-refractivity contribution >= 4 is 23.4 Å². The quantitative estimate of drug-likeness (QED) is 0.740. The SMILES string of the molecule is CCNC(=O)c1cccc(NC(=O)C2CCN(C(=O)CCc3ccccc3)CC2)c1. The fraction of sp³-hybridized carbons (Fsp3) is 0.375. The second-order valence-corrected chi connectivity index (χ2v) is 7.57. The molecular weight excluding hydrogens is 378 g/mol. The Kier molecular flexibility index (Phi) is 7.60. The van der Waals surface area contributed by atoms with E-state index in [4.69, 9.17) is 0 Å². The zero-order valence-corrected chi connectivity index (χ0v) is 17.4. The van der Waals surface area contributed by atoms with E-state index in [9.17, 15) is 14.4 Å². The topological polar surface area (TPSA) is 78.5 Å². The normalized spacial score (nSPS) is 14.2. The third-order valence-corrected chi connectivity index (χ3v) is 5.42. The molecule has 0 aliphatic carbocycles. The first-order valence-corrected chi connectivity index (χ1v) is 10.6. The lowest BCUT2D eigenvalue weighted by molar-refractivity contribution is -0.134. The number of nitrogens with zero attached hydrogens (tertiary/aromatic N) is 1. The summed E-state index contributed by atoms with van der Waals surface area (Å²) >= 11 is 0. The van der Waals surface area contributed by atoms with Gasteiger partial charge in [0, 0.05) is 43.2 Å². The number of nitrogens with one attached hydrogen (secondary N) is 2. The predicted octanol–water partition coefficient (Wildman–Crippen LogP) is 3.25. The van der Waals surface area contributed by atoms with E-state index in [2.05, 4.69) is 10.6 Å². The molecule has 0 unspecified atom stereocenters. The molecule has 0 spiro atoms. The van der Waals surface area contributed by atoms with Crippen molar-refractivity contribution in [3.05, 3.63) is 65.7 Å². The van der Waals surface area contributed by atoms with E-state index < -0.39 is 0 Å². The third-order valence-electron chi connectivity index (χ3n) is 5.42. The number of hydrogen-bond acceptors (Lipinski definition) is 3. The van der Waals surface area contributed by atoms with Crippen molar-refractivity contribution in [1.82, 2.24) is 10.2 Å². The van der Waals surface area contributed by atoms with Crippen LogP contribution in [0, 0.1) is 5.92 Å². The number of benzene rings is 2. The fourth-order valence-electron chi connectivity index (χ4n) is 3.69. The molecular formula is C24H29N3O3. The first kappa shape index (κ1) is 21.6. The molecule has 6 nitrogen and oxygen atoms in total. The number of piperidine rings is 1. The van der Waals surface area contributed by atoms with Crippen LogP contribution in [-0.4, -0.2) is 42.3 Å². The summed E-state index contributed by atoms with van der Waals surface area (Å²) < 4.78 is 0. The van der Waals surface area contributed by atoms with Gasteiger partial charge in [0.15, 0.2) is 0 Å². The maximum atomic E-state index is 12.6. The van der Waals surface area contributed by atoms with Crippen molar-refractivity contribution in [2.45, 2.75) is 32.6 Å². The summed E-state index contributed by atoms with van der Waals surface area (Å²) in [4.78, 5) is 39.0. The molecule has 0 atom stereocenters. The fourth-order valence-corrected chi connectivity index (χ4v) is 3.69. The van der Waals surface area contributed by atoms with Gasteiger partial charge in [-0.15, -0.1) is 0 Å². The number of aryl methyl sites for hydroxylation is 1. The van der Waals surface area contributed by atoms with Gasteiger partial charge in [-0.3, -0.25) is 14.4 Å². The number of carbonyl (C=O) groups excluding carboxylic acids is 3. The number of hydrogen-bond donors (Lipinski definition) is 2. The minimum atomic E-state index is -0.157. The Hall–Kier alpha value is -3.15. The van der Waals surface area contributed by atoms with Crippen LogP contribution in [0.1, 0.15) is 42.1 Å². The summed E-state index contributed by atoms with van der Waals surface area (Å²) in [6.07, 6.45) is 2.54. The zero-order valence-electron chi connectivity index (χ0n) is 17.4. The van der Waals surface area contributed by atoms with Gasteiger partial charge < -0.3 is 15.5 Å². The van der Waals surface area contributed by atoms with E-state index in [0.29, 0.717) is 50.1 Å². The lowest BCUT2D eigenvalue weighted by Gasteiger charge is -2.31. The predicted molar refractivity (Wildman–Crippen MR) is 117 cm³/mol. The van der Waals surface area contributed by atoms with Crippen molar-refractivity contribution in [3.8, 4) is 0 Å². The van der Waals surface area contributed by atoms with Gasteiger partial charge in [-0.05, 0) is 49.9 Å². The summed E-state index contributed by atoms with van der Waals surface area (Å²) in [5.41, 5.74) is 2.30. The molecule has 1 aliphatic rings. The maximum Gasteiger partial charge on any atom is 0.251 e. The Labute approximate surface area is 177 Å². The molecule has 2 N–H and O–H groups in total. The van der Waals surface area contributed by atoms with E-state index >= 15 is 0 Å². The van der Waals surface area contributed by atoms with E-state index in [1.54, 1.807) is 24.3 Å². The molecule has 158 valence electrons. The molecule has 30 heavy (non-hydrogen) atoms. The van der Waals surface area contributed by atoms with E-state index in [1.807, 2.05) is 42.2 Å². The second kappa shape index (κ2) is 10.6. The Morgan fingerprint density at radius 2 is 1.73 bits per heavy atom. The lowest BCUT2D eigenvalue weighted by atomic mass is 9.95. The van der Waals surface area contributed by atoms with Gasteiger partial charge >= 0.3 is 0 Å². The summed E-state index contributed by atoms with van der Waals surface area (Å²) in [5.74, 6) is -0.195. The van der Waals surface area contributed by atoms with Gasteiger partial charge in [0.1, 0.15) is 0 Å². The van der Waals surface area contributed by atoms with Gasteiger partial charge in [0.05, 0.1) is 0 Å². The highest BCUT2D eigenvalue weighted by Gasteiger charge is 2.27. The summed E-state index contributed by atoms with van der Waals surface area (Å²) in [6, 6.07) is 16.9. The molecule has 6 heteroatoms. The molecule has 0 saturated carbocycles. The Morgan fingerprint density at radius 3 is 2.43 bits per heavy atom. The third kappa shape index (κ3) is 5.92. The smallest absolute Gasteiger partial charge is 0.251 e. The van der Waals surface area contributed by atoms with E-state index in [-0.39, 0.29) is 23.6 Å². The maximum absolute atomic E-state index is 12.6. The monoisotopic (exact) mass is 407 g/mol. The van der Waals surface area contributed by atoms with Crippen molar-refractivity contribution in [2.75, 3.05) is 25.0 Å². The molecule has 0 aromatic heterocycles. The van der Waals surface area contributed by atoms with Crippen LogP contribution in [0.25, 0.3) is 0 Å². The summed E-state index contributed by atoms with van der Waals surface area (Å²) in [6.45, 7) is 3.62. The van der Waals surface area contributed by atoms with Crippen LogP contribution in [0.2, 0.25) is 0 Å². The van der Waals surface area contributed by atoms with Crippen LogP contribution in [0.5, 0.6) is 0 Å². The van der Waals surface area contributed by atoms with Gasteiger partial charge in [-0.1, -0.05) is 36.4 Å². The molecule has 1 saturated heterocycles. The summed E-state index contributed by atoms with van der Waals surface area (Å²) in [7, 11) is 0. The molecule has 1 fully saturated rings. The van der Waals surface area contributed by atoms with E-state index in [1.165, 1.54) is 0 Å². The van der Waals surface area contributed by atoms with Crippen LogP contribution >= 0.6 is 0 Å². The molecule has 0 bridgehead atoms. The van der Waals surface area contributed by atoms with Gasteiger partial charge in [-0.25, -0.2) is 0 Å². The zero-order chi connectivity index (χ0) is 21.3. The van der Waals surface area contributed by atoms with Crippen molar-refractivity contribution < 1.29 is 14.4 Å². The van der Waals surface area contributed by atoms with Crippen LogP contribution in [0.3, 0.4) is 0 Å². The summed E-state index contributed by atoms with van der Waals surface area (Å²) in [5, 5.41) is 5.67. The Balaban J connectivity index is 1.46. The molecule has 2 aromatic carbocycles. The number of rotatable bonds is 7. The number of likely N-dealkylation sites (tertiary alicyclic amines) is 1. The first-order chi connectivity index (χ1) is 14.6. The molecule has 2 aromatic rings. The van der Waals surface area contributed by atoms with Crippen LogP contribution in [0.4, 0.5) is 5.69 Å². The van der Waals surface area contributed by atoms with Gasteiger partial charge in [0.2, 0.25) is 11.8 Å². The highest BCUT2D eigenvalue weighted by Crippen LogP contribution is 2.21. The molecule has 3 rings (SSSR count). The highest BCUT2D eigenvalue weighted by atomic mass is 16.2. The van der Waals surface area contributed by atoms with Crippen LogP contribution < -0.4 is 10.6 Å². The molecule has 1 aliphatic heterocycles. The molecule has 0 radical (unpaired) electrons. The largest absolute Gasteiger partial charge is 0.352 e. The highest BCUT2D eigenvalue weighted by molar-refractivity contribution is 5.97. The van der Waals surface area contributed by atoms with Gasteiger partial charge in [0.25, 0.3) is 5.91 Å². The van der Waals surface area contributed by atoms with Gasteiger partial charge in [-0.2, -0.15) is 0 Å². The van der Waals surface area contributed by atoms with Crippen molar-refractivity contribution in [3.63, 3.8) is 0 Å². The second-order valence-electron chi connectivity index (χ2n) is 7.57. The van der Waals surface area contributed by atoms with Crippen LogP contribution in [0.15, 0.2) is 54.6 Å². The Morgan fingerprint density at radius 1 is 1.00 bits per heavy atom. The standard InChI is InChI=1S/C24H29N3O3/c1-2-25-23(29)20-9-6-10-21(17-20)26-24(30)19-13-15-27(16-14-19)22(28)12-11-18-7-4-3-5-8-18/h3-10,17,19H,2,11-16H2,1H3,(H,25,29)(H,26,30). The van der Waals surface area contributed by atoms with E-state index in [0.717, 1.165) is 12.0 Å². The Bertz CT molecular complexity index is 874. The molecule has 3 amide bonds. The minimum absolute atomic E-state index is 0.0561. The minimum Gasteiger partial charge on any atom is -0.352 e. The average molecular weight is 408 g/mol.